The van der Waals surface area contributed by atoms with E-state index in [1.54, 1.807) is 6.92 Å². The van der Waals surface area contributed by atoms with Crippen LogP contribution in [0.25, 0.3) is 0 Å². The molecule has 23 heavy (non-hydrogen) atoms. The molecular formula is C18H35N3O2. The van der Waals surface area contributed by atoms with Gasteiger partial charge in [0.1, 0.15) is 0 Å². The molecule has 0 aliphatic carbocycles. The van der Waals surface area contributed by atoms with Crippen molar-refractivity contribution in [1.82, 2.24) is 14.7 Å². The molecule has 2 aliphatic heterocycles. The van der Waals surface area contributed by atoms with Gasteiger partial charge in [0.2, 0.25) is 5.91 Å². The highest BCUT2D eigenvalue weighted by molar-refractivity contribution is 5.73. The van der Waals surface area contributed by atoms with Gasteiger partial charge in [0.25, 0.3) is 0 Å². The Hall–Kier alpha value is -0.650. The highest BCUT2D eigenvalue weighted by Gasteiger charge is 2.24. The Kier molecular flexibility index (Phi) is 7.31. The minimum atomic E-state index is -0.213. The van der Waals surface area contributed by atoms with Gasteiger partial charge in [-0.15, -0.1) is 0 Å². The molecule has 2 heterocycles. The predicted octanol–water partition coefficient (Wildman–Crippen LogP) is 1.27. The molecule has 0 spiro atoms. The van der Waals surface area contributed by atoms with Crippen LogP contribution in [0.2, 0.25) is 0 Å². The minimum Gasteiger partial charge on any atom is -0.392 e. The molecule has 0 unspecified atom stereocenters. The van der Waals surface area contributed by atoms with Crippen LogP contribution in [0, 0.1) is 11.8 Å². The van der Waals surface area contributed by atoms with E-state index in [1.165, 1.54) is 25.9 Å². The van der Waals surface area contributed by atoms with E-state index >= 15 is 0 Å². The summed E-state index contributed by atoms with van der Waals surface area (Å²) in [6.07, 6.45) is 4.59. The first-order valence-corrected chi connectivity index (χ1v) is 9.28. The number of piperidine rings is 2. The van der Waals surface area contributed by atoms with Crippen LogP contribution in [0.3, 0.4) is 0 Å². The maximum absolute atomic E-state index is 11.4. The monoisotopic (exact) mass is 325 g/mol. The molecule has 5 nitrogen and oxygen atoms in total. The van der Waals surface area contributed by atoms with E-state index in [-0.39, 0.29) is 12.0 Å². The Morgan fingerprint density at radius 2 is 1.57 bits per heavy atom. The quantitative estimate of drug-likeness (QED) is 0.799. The number of carbonyl (C=O) groups excluding carboxylic acids is 1. The van der Waals surface area contributed by atoms with Crippen LogP contribution >= 0.6 is 0 Å². The zero-order chi connectivity index (χ0) is 16.8. The molecule has 1 amide bonds. The Balaban J connectivity index is 1.62. The molecule has 5 heteroatoms. The van der Waals surface area contributed by atoms with Crippen LogP contribution in [0.4, 0.5) is 0 Å². The van der Waals surface area contributed by atoms with Gasteiger partial charge in [-0.2, -0.15) is 0 Å². The summed E-state index contributed by atoms with van der Waals surface area (Å²) in [5.74, 6) is 1.76. The van der Waals surface area contributed by atoms with Crippen LogP contribution in [0.15, 0.2) is 0 Å². The van der Waals surface area contributed by atoms with Gasteiger partial charge < -0.3 is 19.8 Å². The summed E-state index contributed by atoms with van der Waals surface area (Å²) in [5.41, 5.74) is 0. The van der Waals surface area contributed by atoms with Gasteiger partial charge >= 0.3 is 0 Å². The SMILES string of the molecule is CC(=O)N1CCC(CN(C)CC2CCN(C[C@@H](C)O)CC2)CC1. The molecule has 0 radical (unpaired) electrons. The first-order chi connectivity index (χ1) is 10.9. The van der Waals surface area contributed by atoms with Gasteiger partial charge in [0.05, 0.1) is 6.10 Å². The third kappa shape index (κ3) is 6.40. The number of nitrogens with zero attached hydrogens (tertiary/aromatic N) is 3. The zero-order valence-corrected chi connectivity index (χ0v) is 15.2. The molecule has 0 aromatic heterocycles. The molecule has 0 aromatic carbocycles. The van der Waals surface area contributed by atoms with Crippen LogP contribution in [0.5, 0.6) is 0 Å². The van der Waals surface area contributed by atoms with E-state index in [4.69, 9.17) is 0 Å². The van der Waals surface area contributed by atoms with E-state index in [2.05, 4.69) is 16.8 Å². The van der Waals surface area contributed by atoms with Crippen molar-refractivity contribution in [3.05, 3.63) is 0 Å². The normalized spacial score (nSPS) is 23.4. The second-order valence-corrected chi connectivity index (χ2v) is 7.76. The highest BCUT2D eigenvalue weighted by atomic mass is 16.3. The fourth-order valence-corrected chi connectivity index (χ4v) is 4.11. The summed E-state index contributed by atoms with van der Waals surface area (Å²) in [6, 6.07) is 0. The fourth-order valence-electron chi connectivity index (χ4n) is 4.11. The Labute approximate surface area is 141 Å². The molecule has 0 bridgehead atoms. The molecule has 2 aliphatic rings. The minimum absolute atomic E-state index is 0.213. The standard InChI is InChI=1S/C18H35N3O2/c1-15(22)12-20-8-4-17(5-9-20)13-19(3)14-18-6-10-21(11-7-18)16(2)23/h15,17-18,22H,4-14H2,1-3H3/t15-/m1/s1. The van der Waals surface area contributed by atoms with Crippen molar-refractivity contribution in [3.63, 3.8) is 0 Å². The first-order valence-electron chi connectivity index (χ1n) is 9.28. The van der Waals surface area contributed by atoms with Gasteiger partial charge in [-0.1, -0.05) is 0 Å². The fraction of sp³-hybridized carbons (Fsp3) is 0.944. The van der Waals surface area contributed by atoms with Crippen molar-refractivity contribution in [2.45, 2.75) is 45.6 Å². The van der Waals surface area contributed by atoms with E-state index in [0.717, 1.165) is 57.4 Å². The van der Waals surface area contributed by atoms with Gasteiger partial charge in [0, 0.05) is 39.6 Å². The Morgan fingerprint density at radius 1 is 1.09 bits per heavy atom. The van der Waals surface area contributed by atoms with E-state index in [0.29, 0.717) is 0 Å². The van der Waals surface area contributed by atoms with Gasteiger partial charge in [0.15, 0.2) is 0 Å². The van der Waals surface area contributed by atoms with Crippen molar-refractivity contribution in [2.75, 3.05) is 52.9 Å². The zero-order valence-electron chi connectivity index (χ0n) is 15.2. The van der Waals surface area contributed by atoms with Crippen molar-refractivity contribution in [1.29, 1.82) is 0 Å². The van der Waals surface area contributed by atoms with Crippen LogP contribution < -0.4 is 0 Å². The second kappa shape index (κ2) is 9.00. The molecule has 2 saturated heterocycles. The maximum Gasteiger partial charge on any atom is 0.219 e. The van der Waals surface area contributed by atoms with Crippen molar-refractivity contribution >= 4 is 5.91 Å². The summed E-state index contributed by atoms with van der Waals surface area (Å²) < 4.78 is 0. The summed E-state index contributed by atoms with van der Waals surface area (Å²) in [5, 5.41) is 9.48. The summed E-state index contributed by atoms with van der Waals surface area (Å²) in [4.78, 5) is 18.3. The summed E-state index contributed by atoms with van der Waals surface area (Å²) >= 11 is 0. The molecule has 0 saturated carbocycles. The lowest BCUT2D eigenvalue weighted by Gasteiger charge is -2.36. The van der Waals surface area contributed by atoms with Crippen molar-refractivity contribution in [3.8, 4) is 0 Å². The number of hydrogen-bond donors (Lipinski definition) is 1. The lowest BCUT2D eigenvalue weighted by atomic mass is 9.93. The van der Waals surface area contributed by atoms with Gasteiger partial charge in [-0.05, 0) is 64.6 Å². The average molecular weight is 325 g/mol. The predicted molar refractivity (Wildman–Crippen MR) is 93.3 cm³/mol. The molecule has 2 fully saturated rings. The van der Waals surface area contributed by atoms with Gasteiger partial charge in [-0.25, -0.2) is 0 Å². The summed E-state index contributed by atoms with van der Waals surface area (Å²) in [6.45, 7) is 10.8. The number of rotatable bonds is 6. The van der Waals surface area contributed by atoms with Crippen LogP contribution in [0.1, 0.15) is 39.5 Å². The van der Waals surface area contributed by atoms with E-state index in [1.807, 2.05) is 11.8 Å². The molecule has 134 valence electrons. The molecule has 2 rings (SSSR count). The van der Waals surface area contributed by atoms with Crippen molar-refractivity contribution in [2.24, 2.45) is 11.8 Å². The molecule has 1 atom stereocenters. The number of hydrogen-bond acceptors (Lipinski definition) is 4. The molecule has 0 aromatic rings. The number of aliphatic hydroxyl groups is 1. The molecule has 1 N–H and O–H groups in total. The number of carbonyl (C=O) groups is 1. The van der Waals surface area contributed by atoms with Gasteiger partial charge in [-0.3, -0.25) is 4.79 Å². The lowest BCUT2D eigenvalue weighted by molar-refractivity contribution is -0.130. The number of aliphatic hydroxyl groups excluding tert-OH is 1. The Bertz CT molecular complexity index is 359. The second-order valence-electron chi connectivity index (χ2n) is 7.76. The smallest absolute Gasteiger partial charge is 0.219 e. The number of amides is 1. The number of likely N-dealkylation sites (tertiary alicyclic amines) is 2. The topological polar surface area (TPSA) is 47.0 Å². The number of β-amino-alcohol motifs (C(OH)–C–C–N with tert-alkyl or cyclic N) is 1. The summed E-state index contributed by atoms with van der Waals surface area (Å²) in [7, 11) is 2.25. The van der Waals surface area contributed by atoms with E-state index < -0.39 is 0 Å². The molecular weight excluding hydrogens is 290 g/mol. The maximum atomic E-state index is 11.4. The highest BCUT2D eigenvalue weighted by Crippen LogP contribution is 2.21. The Morgan fingerprint density at radius 3 is 2.00 bits per heavy atom. The van der Waals surface area contributed by atoms with Crippen LogP contribution in [-0.2, 0) is 4.79 Å². The van der Waals surface area contributed by atoms with E-state index in [9.17, 15) is 9.90 Å². The first kappa shape index (κ1) is 18.7. The third-order valence-electron chi connectivity index (χ3n) is 5.43. The third-order valence-corrected chi connectivity index (χ3v) is 5.43. The largest absolute Gasteiger partial charge is 0.392 e. The lowest BCUT2D eigenvalue weighted by Crippen LogP contribution is -2.43. The van der Waals surface area contributed by atoms with Crippen LogP contribution in [-0.4, -0.2) is 84.7 Å². The average Bonchev–Trinajstić information content (AvgIpc) is 2.49. The van der Waals surface area contributed by atoms with Crippen molar-refractivity contribution < 1.29 is 9.90 Å².